The van der Waals surface area contributed by atoms with Crippen molar-refractivity contribution in [2.45, 2.75) is 6.18 Å². The Bertz CT molecular complexity index is 1280. The second kappa shape index (κ2) is 7.91. The molecule has 0 aliphatic carbocycles. The molecule has 33 heavy (non-hydrogen) atoms. The van der Waals surface area contributed by atoms with E-state index >= 15 is 0 Å². The summed E-state index contributed by atoms with van der Waals surface area (Å²) in [5.74, 6) is 1.74. The van der Waals surface area contributed by atoms with Crippen LogP contribution >= 0.6 is 0 Å². The van der Waals surface area contributed by atoms with Crippen molar-refractivity contribution in [3.63, 3.8) is 0 Å². The van der Waals surface area contributed by atoms with Crippen molar-refractivity contribution in [2.75, 3.05) is 41.7 Å². The van der Waals surface area contributed by atoms with Crippen LogP contribution in [0.1, 0.15) is 5.56 Å². The summed E-state index contributed by atoms with van der Waals surface area (Å²) in [5, 5.41) is 4.91. The second-order valence-electron chi connectivity index (χ2n) is 7.82. The summed E-state index contributed by atoms with van der Waals surface area (Å²) >= 11 is 0. The number of piperazine rings is 1. The van der Waals surface area contributed by atoms with Crippen molar-refractivity contribution in [1.82, 2.24) is 24.7 Å². The van der Waals surface area contributed by atoms with Gasteiger partial charge in [0.25, 0.3) is 0 Å². The summed E-state index contributed by atoms with van der Waals surface area (Å²) in [7, 11) is 1.69. The summed E-state index contributed by atoms with van der Waals surface area (Å²) < 4.78 is 40.6. The van der Waals surface area contributed by atoms with Crippen LogP contribution < -0.4 is 15.5 Å². The van der Waals surface area contributed by atoms with Gasteiger partial charge in [0.1, 0.15) is 11.6 Å². The van der Waals surface area contributed by atoms with Crippen molar-refractivity contribution in [3.8, 4) is 11.3 Å². The molecule has 0 bridgehead atoms. The van der Waals surface area contributed by atoms with E-state index in [0.717, 1.165) is 31.0 Å². The minimum Gasteiger partial charge on any atom is -0.383 e. The number of aromatic nitrogens is 5. The first kappa shape index (κ1) is 21.0. The summed E-state index contributed by atoms with van der Waals surface area (Å²) in [6, 6.07) is 10.7. The highest BCUT2D eigenvalue weighted by molar-refractivity contribution is 5.98. The zero-order valence-electron chi connectivity index (χ0n) is 17.8. The normalized spacial score (nSPS) is 14.8. The van der Waals surface area contributed by atoms with Crippen LogP contribution in [0.3, 0.4) is 0 Å². The van der Waals surface area contributed by atoms with Gasteiger partial charge < -0.3 is 15.5 Å². The number of fused-ring (bicyclic) bond motifs is 1. The molecule has 0 atom stereocenters. The maximum Gasteiger partial charge on any atom is 0.416 e. The molecule has 170 valence electrons. The fraction of sp³-hybridized carbons (Fsp3) is 0.273. The number of pyridine rings is 1. The second-order valence-corrected chi connectivity index (χ2v) is 7.82. The lowest BCUT2D eigenvalue weighted by molar-refractivity contribution is -0.137. The van der Waals surface area contributed by atoms with E-state index in [2.05, 4.69) is 20.0 Å². The zero-order valence-corrected chi connectivity index (χ0v) is 17.8. The first-order chi connectivity index (χ1) is 15.8. The van der Waals surface area contributed by atoms with E-state index in [1.807, 2.05) is 23.1 Å². The Morgan fingerprint density at radius 3 is 2.24 bits per heavy atom. The number of anilines is 3. The number of hydrogen-bond acceptors (Lipinski definition) is 7. The molecule has 0 radical (unpaired) electrons. The minimum absolute atomic E-state index is 0.353. The minimum atomic E-state index is -4.41. The topological polar surface area (TPSA) is 89.0 Å². The molecule has 5 rings (SSSR count). The molecule has 4 heterocycles. The molecule has 0 saturated carbocycles. The Hall–Kier alpha value is -3.89. The molecule has 8 nitrogen and oxygen atoms in total. The Morgan fingerprint density at radius 2 is 1.61 bits per heavy atom. The first-order valence-electron chi connectivity index (χ1n) is 10.4. The number of halogens is 3. The van der Waals surface area contributed by atoms with Gasteiger partial charge >= 0.3 is 6.18 Å². The number of alkyl halides is 3. The number of hydrogen-bond donors (Lipinski definition) is 1. The Labute approximate surface area is 187 Å². The molecule has 1 saturated heterocycles. The maximum atomic E-state index is 13.0. The lowest BCUT2D eigenvalue weighted by Gasteiger charge is -2.35. The first-order valence-corrected chi connectivity index (χ1v) is 10.4. The van der Waals surface area contributed by atoms with Gasteiger partial charge in [-0.3, -0.25) is 4.68 Å². The third-order valence-corrected chi connectivity index (χ3v) is 5.75. The highest BCUT2D eigenvalue weighted by Crippen LogP contribution is 2.35. The highest BCUT2D eigenvalue weighted by atomic mass is 19.4. The van der Waals surface area contributed by atoms with Crippen molar-refractivity contribution in [1.29, 1.82) is 0 Å². The molecule has 0 unspecified atom stereocenters. The van der Waals surface area contributed by atoms with Gasteiger partial charge in [0.2, 0.25) is 5.95 Å². The average molecular weight is 454 g/mol. The zero-order chi connectivity index (χ0) is 23.2. The van der Waals surface area contributed by atoms with E-state index in [1.165, 1.54) is 16.8 Å². The summed E-state index contributed by atoms with van der Waals surface area (Å²) in [6.45, 7) is 2.80. The Kier molecular flexibility index (Phi) is 5.03. The fourth-order valence-corrected chi connectivity index (χ4v) is 3.95. The van der Waals surface area contributed by atoms with Crippen LogP contribution in [0.5, 0.6) is 0 Å². The average Bonchev–Trinajstić information content (AvgIpc) is 3.12. The molecule has 11 heteroatoms. The lowest BCUT2D eigenvalue weighted by Crippen LogP contribution is -2.47. The van der Waals surface area contributed by atoms with E-state index < -0.39 is 11.7 Å². The molecule has 1 aromatic carbocycles. The van der Waals surface area contributed by atoms with Gasteiger partial charge in [-0.2, -0.15) is 23.3 Å². The predicted molar refractivity (Wildman–Crippen MR) is 120 cm³/mol. The predicted octanol–water partition coefficient (Wildman–Crippen LogP) is 3.35. The number of nitrogens with zero attached hydrogens (tertiary/aromatic N) is 7. The van der Waals surface area contributed by atoms with E-state index in [-0.39, 0.29) is 0 Å². The van der Waals surface area contributed by atoms with Crippen LogP contribution in [0.4, 0.5) is 30.8 Å². The van der Waals surface area contributed by atoms with Crippen LogP contribution in [-0.4, -0.2) is 50.9 Å². The largest absolute Gasteiger partial charge is 0.416 e. The maximum absolute atomic E-state index is 13.0. The molecule has 4 aromatic rings. The molecular formula is C22H21F3N8. The van der Waals surface area contributed by atoms with Crippen LogP contribution in [0.2, 0.25) is 0 Å². The van der Waals surface area contributed by atoms with Crippen LogP contribution in [0, 0.1) is 0 Å². The number of nitrogens with two attached hydrogens (primary N) is 1. The van der Waals surface area contributed by atoms with Crippen molar-refractivity contribution in [3.05, 3.63) is 54.2 Å². The van der Waals surface area contributed by atoms with Gasteiger partial charge in [0.05, 0.1) is 16.6 Å². The molecule has 1 fully saturated rings. The molecule has 0 amide bonds. The lowest BCUT2D eigenvalue weighted by atomic mass is 10.1. The smallest absolute Gasteiger partial charge is 0.383 e. The summed E-state index contributed by atoms with van der Waals surface area (Å²) in [5.41, 5.74) is 6.86. The van der Waals surface area contributed by atoms with Gasteiger partial charge in [-0.25, -0.2) is 9.97 Å². The van der Waals surface area contributed by atoms with Crippen LogP contribution in [0.15, 0.2) is 48.7 Å². The van der Waals surface area contributed by atoms with E-state index in [4.69, 9.17) is 10.7 Å². The Balaban J connectivity index is 1.50. The number of benzene rings is 1. The van der Waals surface area contributed by atoms with Crippen molar-refractivity contribution in [2.24, 2.45) is 7.05 Å². The monoisotopic (exact) mass is 454 g/mol. The Morgan fingerprint density at radius 1 is 0.909 bits per heavy atom. The number of nitrogen functional groups attached to an aromatic ring is 1. The fourth-order valence-electron chi connectivity index (χ4n) is 3.95. The molecule has 1 aliphatic rings. The van der Waals surface area contributed by atoms with Gasteiger partial charge in [-0.05, 0) is 24.3 Å². The molecule has 1 aliphatic heterocycles. The van der Waals surface area contributed by atoms with Gasteiger partial charge in [-0.1, -0.05) is 18.2 Å². The summed E-state index contributed by atoms with van der Waals surface area (Å²) in [4.78, 5) is 18.0. The molecule has 3 aromatic heterocycles. The third-order valence-electron chi connectivity index (χ3n) is 5.75. The highest BCUT2D eigenvalue weighted by Gasteiger charge is 2.30. The van der Waals surface area contributed by atoms with E-state index in [1.54, 1.807) is 13.2 Å². The quantitative estimate of drug-likeness (QED) is 0.508. The molecule has 2 N–H and O–H groups in total. The van der Waals surface area contributed by atoms with Gasteiger partial charge in [-0.15, -0.1) is 0 Å². The molecule has 0 spiro atoms. The van der Waals surface area contributed by atoms with Gasteiger partial charge in [0, 0.05) is 45.0 Å². The third kappa shape index (κ3) is 3.90. The van der Waals surface area contributed by atoms with Gasteiger partial charge in [0.15, 0.2) is 5.65 Å². The standard InChI is InChI=1S/C22H21F3N8/c1-31-19(26)17-18(14-5-7-15(8-6-14)22(23,24)25)28-21(29-20(17)30-31)33-12-10-32(11-13-33)16-4-2-3-9-27-16/h2-9H,10-13,26H2,1H3. The molecular weight excluding hydrogens is 433 g/mol. The summed E-state index contributed by atoms with van der Waals surface area (Å²) in [6.07, 6.45) is -2.65. The number of aryl methyl sites for hydroxylation is 1. The SMILES string of the molecule is Cn1nc2nc(N3CCN(c4ccccn4)CC3)nc(-c3ccc(C(F)(F)F)cc3)c2c1N. The van der Waals surface area contributed by atoms with E-state index in [9.17, 15) is 13.2 Å². The van der Waals surface area contributed by atoms with Crippen LogP contribution in [0.25, 0.3) is 22.3 Å². The van der Waals surface area contributed by atoms with Crippen LogP contribution in [-0.2, 0) is 13.2 Å². The number of rotatable bonds is 3. The van der Waals surface area contributed by atoms with Crippen molar-refractivity contribution < 1.29 is 13.2 Å². The van der Waals surface area contributed by atoms with E-state index in [0.29, 0.717) is 47.1 Å². The van der Waals surface area contributed by atoms with Crippen molar-refractivity contribution >= 4 is 28.6 Å².